The summed E-state index contributed by atoms with van der Waals surface area (Å²) in [5.74, 6) is -4.56. The number of imidazole rings is 1. The Bertz CT molecular complexity index is 1060. The van der Waals surface area contributed by atoms with Crippen LogP contribution in [0.15, 0.2) is 42.9 Å². The zero-order valence-corrected chi connectivity index (χ0v) is 19.9. The number of aromatic nitrogens is 2. The van der Waals surface area contributed by atoms with Gasteiger partial charge >= 0.3 is 5.97 Å². The maximum absolute atomic E-state index is 13.1. The van der Waals surface area contributed by atoms with Crippen molar-refractivity contribution in [2.45, 2.75) is 49.9 Å². The van der Waals surface area contributed by atoms with E-state index in [9.17, 15) is 29.1 Å². The van der Waals surface area contributed by atoms with Crippen molar-refractivity contribution in [2.75, 3.05) is 6.61 Å². The fourth-order valence-electron chi connectivity index (χ4n) is 3.35. The first-order valence-corrected chi connectivity index (χ1v) is 11.4. The molecule has 4 amide bonds. The van der Waals surface area contributed by atoms with Gasteiger partial charge in [-0.2, -0.15) is 0 Å². The Labute approximate surface area is 212 Å². The molecule has 10 N–H and O–H groups in total. The molecule has 2 rings (SSSR count). The summed E-state index contributed by atoms with van der Waals surface area (Å²) in [5, 5.41) is 25.5. The van der Waals surface area contributed by atoms with E-state index >= 15 is 0 Å². The molecule has 1 aromatic heterocycles. The maximum Gasteiger partial charge on any atom is 0.328 e. The van der Waals surface area contributed by atoms with Crippen molar-refractivity contribution >= 4 is 29.6 Å². The molecule has 4 unspecified atom stereocenters. The van der Waals surface area contributed by atoms with Crippen LogP contribution in [0.1, 0.15) is 24.1 Å². The van der Waals surface area contributed by atoms with Gasteiger partial charge in [0.1, 0.15) is 18.1 Å². The number of aliphatic carboxylic acids is 1. The summed E-state index contributed by atoms with van der Waals surface area (Å²) in [6, 6.07) is 3.79. The summed E-state index contributed by atoms with van der Waals surface area (Å²) in [4.78, 5) is 67.8. The van der Waals surface area contributed by atoms with E-state index in [0.29, 0.717) is 5.69 Å². The quantitative estimate of drug-likeness (QED) is 0.122. The fourth-order valence-corrected chi connectivity index (χ4v) is 3.35. The molecule has 14 heteroatoms. The number of benzene rings is 1. The Kier molecular flexibility index (Phi) is 11.2. The minimum Gasteiger partial charge on any atom is -0.480 e. The van der Waals surface area contributed by atoms with Gasteiger partial charge in [-0.25, -0.2) is 9.78 Å². The van der Waals surface area contributed by atoms with E-state index in [1.807, 2.05) is 6.07 Å². The second-order valence-electron chi connectivity index (χ2n) is 8.29. The lowest BCUT2D eigenvalue weighted by Crippen LogP contribution is -2.58. The van der Waals surface area contributed by atoms with Crippen LogP contribution in [0.25, 0.3) is 0 Å². The molecule has 0 spiro atoms. The zero-order valence-electron chi connectivity index (χ0n) is 19.9. The van der Waals surface area contributed by atoms with Crippen LogP contribution in [0.4, 0.5) is 0 Å². The van der Waals surface area contributed by atoms with Crippen LogP contribution in [0, 0.1) is 0 Å². The minimum atomic E-state index is -1.60. The lowest BCUT2D eigenvalue weighted by atomic mass is 10.0. The van der Waals surface area contributed by atoms with E-state index in [1.165, 1.54) is 12.5 Å². The summed E-state index contributed by atoms with van der Waals surface area (Å²) in [6.07, 6.45) is 2.43. The summed E-state index contributed by atoms with van der Waals surface area (Å²) in [6.45, 7) is -0.873. The number of carboxylic acids is 1. The second-order valence-corrected chi connectivity index (χ2v) is 8.29. The number of nitrogens with two attached hydrogens (primary N) is 2. The number of H-pyrrole nitrogens is 1. The number of rotatable bonds is 15. The first-order valence-electron chi connectivity index (χ1n) is 11.4. The Morgan fingerprint density at radius 3 is 2.11 bits per heavy atom. The van der Waals surface area contributed by atoms with Crippen LogP contribution >= 0.6 is 0 Å². The van der Waals surface area contributed by atoms with Crippen molar-refractivity contribution in [1.82, 2.24) is 25.9 Å². The van der Waals surface area contributed by atoms with E-state index in [2.05, 4.69) is 25.9 Å². The molecular formula is C23H31N7O7. The zero-order chi connectivity index (χ0) is 27.4. The molecule has 0 aliphatic carbocycles. The third-order valence-electron chi connectivity index (χ3n) is 5.36. The van der Waals surface area contributed by atoms with Gasteiger partial charge in [0.15, 0.2) is 0 Å². The Balaban J connectivity index is 2.16. The lowest BCUT2D eigenvalue weighted by molar-refractivity contribution is -0.143. The largest absolute Gasteiger partial charge is 0.480 e. The number of aliphatic hydroxyl groups is 1. The van der Waals surface area contributed by atoms with Crippen LogP contribution < -0.4 is 27.4 Å². The molecule has 0 aliphatic heterocycles. The highest BCUT2D eigenvalue weighted by Gasteiger charge is 2.30. The van der Waals surface area contributed by atoms with Gasteiger partial charge in [0.2, 0.25) is 23.6 Å². The number of aromatic amines is 1. The average Bonchev–Trinajstić information content (AvgIpc) is 3.37. The normalized spacial score (nSPS) is 14.0. The first-order chi connectivity index (χ1) is 17.6. The first kappa shape index (κ1) is 28.9. The van der Waals surface area contributed by atoms with Crippen LogP contribution in [-0.4, -0.2) is 80.6 Å². The minimum absolute atomic E-state index is 0.112. The Morgan fingerprint density at radius 1 is 0.919 bits per heavy atom. The average molecular weight is 518 g/mol. The van der Waals surface area contributed by atoms with Crippen molar-refractivity contribution < 1.29 is 34.2 Å². The van der Waals surface area contributed by atoms with Gasteiger partial charge < -0.3 is 42.6 Å². The number of carbonyl (C=O) groups excluding carboxylic acids is 4. The molecule has 4 atom stereocenters. The predicted molar refractivity (Wildman–Crippen MR) is 129 cm³/mol. The number of primary amides is 1. The number of carbonyl (C=O) groups is 5. The molecule has 14 nitrogen and oxygen atoms in total. The number of amides is 4. The topological polar surface area (TPSA) is 243 Å². The maximum atomic E-state index is 13.1. The van der Waals surface area contributed by atoms with Gasteiger partial charge in [-0.3, -0.25) is 19.2 Å². The van der Waals surface area contributed by atoms with Gasteiger partial charge in [-0.05, 0) is 18.4 Å². The summed E-state index contributed by atoms with van der Waals surface area (Å²) < 4.78 is 0. The van der Waals surface area contributed by atoms with E-state index in [0.717, 1.165) is 5.56 Å². The summed E-state index contributed by atoms with van der Waals surface area (Å²) in [5.41, 5.74) is 12.5. The number of nitrogens with one attached hydrogen (secondary N) is 4. The number of aliphatic hydroxyl groups excluding tert-OH is 1. The highest BCUT2D eigenvalue weighted by Crippen LogP contribution is 2.06. The van der Waals surface area contributed by atoms with Crippen LogP contribution in [0.3, 0.4) is 0 Å². The van der Waals surface area contributed by atoms with Gasteiger partial charge in [0.05, 0.1) is 19.0 Å². The van der Waals surface area contributed by atoms with Gasteiger partial charge in [-0.15, -0.1) is 0 Å². The monoisotopic (exact) mass is 517 g/mol. The molecule has 0 aliphatic rings. The van der Waals surface area contributed by atoms with Crippen molar-refractivity contribution in [3.05, 3.63) is 54.1 Å². The summed E-state index contributed by atoms with van der Waals surface area (Å²) >= 11 is 0. The molecule has 0 radical (unpaired) electrons. The molecule has 1 aromatic carbocycles. The number of hydrogen-bond acceptors (Lipinski definition) is 8. The van der Waals surface area contributed by atoms with Crippen LogP contribution in [-0.2, 0) is 36.8 Å². The highest BCUT2D eigenvalue weighted by molar-refractivity contribution is 5.94. The molecule has 0 fully saturated rings. The van der Waals surface area contributed by atoms with Gasteiger partial charge in [-0.1, -0.05) is 30.3 Å². The molecule has 37 heavy (non-hydrogen) atoms. The van der Waals surface area contributed by atoms with Crippen LogP contribution in [0.5, 0.6) is 0 Å². The van der Waals surface area contributed by atoms with Gasteiger partial charge in [0.25, 0.3) is 0 Å². The molecule has 0 saturated heterocycles. The fraction of sp³-hybridized carbons (Fsp3) is 0.391. The Morgan fingerprint density at radius 2 is 1.54 bits per heavy atom. The van der Waals surface area contributed by atoms with Gasteiger partial charge in [0, 0.05) is 24.7 Å². The molecule has 2 aromatic rings. The van der Waals surface area contributed by atoms with Crippen molar-refractivity contribution in [2.24, 2.45) is 11.5 Å². The third kappa shape index (κ3) is 9.70. The molecule has 1 heterocycles. The lowest BCUT2D eigenvalue weighted by Gasteiger charge is -2.24. The number of hydrogen-bond donors (Lipinski definition) is 8. The SMILES string of the molecule is NC(=O)CCC(NC(=O)C(N)Cc1ccccc1)C(=O)NC(Cc1cnc[nH]1)C(=O)NC(CO)C(=O)O. The van der Waals surface area contributed by atoms with Crippen molar-refractivity contribution in [3.63, 3.8) is 0 Å². The predicted octanol–water partition coefficient (Wildman–Crippen LogP) is -2.68. The van der Waals surface area contributed by atoms with Crippen molar-refractivity contribution in [1.29, 1.82) is 0 Å². The Hall–Kier alpha value is -4.30. The molecule has 0 bridgehead atoms. The second kappa shape index (κ2) is 14.3. The smallest absolute Gasteiger partial charge is 0.328 e. The highest BCUT2D eigenvalue weighted by atomic mass is 16.4. The third-order valence-corrected chi connectivity index (χ3v) is 5.36. The van der Waals surface area contributed by atoms with E-state index in [4.69, 9.17) is 16.6 Å². The van der Waals surface area contributed by atoms with E-state index in [1.54, 1.807) is 24.3 Å². The van der Waals surface area contributed by atoms with E-state index < -0.39 is 60.4 Å². The van der Waals surface area contributed by atoms with E-state index in [-0.39, 0.29) is 25.7 Å². The standard InChI is InChI=1S/C23H31N7O7/c24-15(8-13-4-2-1-3-5-13)20(33)28-16(6-7-19(25)32)21(34)29-17(9-14-10-26-12-27-14)22(35)30-18(11-31)23(36)37/h1-5,10,12,15-18,31H,6-9,11,24H2,(H2,25,32)(H,26,27)(H,28,33)(H,29,34)(H,30,35)(H,36,37). The molecule has 200 valence electrons. The molecule has 0 saturated carbocycles. The van der Waals surface area contributed by atoms with Crippen molar-refractivity contribution in [3.8, 4) is 0 Å². The number of carboxylic acid groups (broad SMARTS) is 1. The molecular weight excluding hydrogens is 486 g/mol. The van der Waals surface area contributed by atoms with Crippen LogP contribution in [0.2, 0.25) is 0 Å². The summed E-state index contributed by atoms with van der Waals surface area (Å²) in [7, 11) is 0. The number of nitrogens with zero attached hydrogens (tertiary/aromatic N) is 1.